The third kappa shape index (κ3) is 4.49. The number of hydrogen-bond acceptors (Lipinski definition) is 4. The van der Waals surface area contributed by atoms with E-state index in [-0.39, 0.29) is 0 Å². The Morgan fingerprint density at radius 3 is 2.36 bits per heavy atom. The third-order valence-electron chi connectivity index (χ3n) is 2.82. The van der Waals surface area contributed by atoms with E-state index in [1.165, 1.54) is 0 Å². The molecule has 22 heavy (non-hydrogen) atoms. The molecule has 0 fully saturated rings. The van der Waals surface area contributed by atoms with Crippen molar-refractivity contribution in [2.75, 3.05) is 6.61 Å². The first-order valence-corrected chi connectivity index (χ1v) is 7.75. The van der Waals surface area contributed by atoms with Crippen molar-refractivity contribution in [2.45, 2.75) is 20.0 Å². The first-order valence-electron chi connectivity index (χ1n) is 6.96. The second kappa shape index (κ2) is 7.84. The van der Waals surface area contributed by atoms with Gasteiger partial charge in [-0.3, -0.25) is 0 Å². The smallest absolute Gasteiger partial charge is 0.352 e. The fourth-order valence-corrected chi connectivity index (χ4v) is 2.03. The summed E-state index contributed by atoms with van der Waals surface area (Å²) in [5.74, 6) is 1.05. The van der Waals surface area contributed by atoms with Crippen LogP contribution in [0.5, 0.6) is 17.2 Å². The summed E-state index contributed by atoms with van der Waals surface area (Å²) in [5.41, 5.74) is 0. The number of esters is 1. The molecular formula is C17H17BrO4. The Bertz CT molecular complexity index is 625. The molecule has 1 unspecified atom stereocenters. The maximum absolute atomic E-state index is 12.1. The molecule has 1 atom stereocenters. The van der Waals surface area contributed by atoms with E-state index in [2.05, 4.69) is 15.9 Å². The Kier molecular flexibility index (Phi) is 5.83. The Balaban J connectivity index is 2.01. The van der Waals surface area contributed by atoms with Gasteiger partial charge in [-0.25, -0.2) is 4.79 Å². The minimum atomic E-state index is -0.726. The topological polar surface area (TPSA) is 44.8 Å². The van der Waals surface area contributed by atoms with E-state index in [0.29, 0.717) is 23.9 Å². The molecule has 0 spiro atoms. The lowest BCUT2D eigenvalue weighted by molar-refractivity contribution is -0.141. The lowest BCUT2D eigenvalue weighted by Gasteiger charge is -2.15. The summed E-state index contributed by atoms with van der Waals surface area (Å²) < 4.78 is 17.3. The highest BCUT2D eigenvalue weighted by atomic mass is 79.9. The predicted molar refractivity (Wildman–Crippen MR) is 87.5 cm³/mol. The van der Waals surface area contributed by atoms with Crippen LogP contribution >= 0.6 is 15.9 Å². The van der Waals surface area contributed by atoms with Gasteiger partial charge in [-0.1, -0.05) is 28.1 Å². The van der Waals surface area contributed by atoms with Gasteiger partial charge in [0.2, 0.25) is 0 Å². The van der Waals surface area contributed by atoms with Crippen molar-refractivity contribution in [1.29, 1.82) is 0 Å². The van der Waals surface area contributed by atoms with Crippen molar-refractivity contribution in [3.05, 3.63) is 53.0 Å². The van der Waals surface area contributed by atoms with Crippen molar-refractivity contribution < 1.29 is 19.0 Å². The highest BCUT2D eigenvalue weighted by Crippen LogP contribution is 2.27. The second-order valence-corrected chi connectivity index (χ2v) is 5.43. The van der Waals surface area contributed by atoms with Crippen LogP contribution in [0.4, 0.5) is 0 Å². The molecule has 4 nitrogen and oxygen atoms in total. The predicted octanol–water partition coefficient (Wildman–Crippen LogP) is 4.22. The molecule has 0 N–H and O–H groups in total. The number of para-hydroxylation sites is 2. The number of ether oxygens (including phenoxy) is 3. The first kappa shape index (κ1) is 16.4. The van der Waals surface area contributed by atoms with Crippen LogP contribution in [0.15, 0.2) is 53.0 Å². The number of halogens is 1. The molecule has 2 aromatic carbocycles. The molecule has 0 saturated carbocycles. The summed E-state index contributed by atoms with van der Waals surface area (Å²) in [6.45, 7) is 4.02. The second-order valence-electron chi connectivity index (χ2n) is 4.51. The SMILES string of the molecule is CCOc1ccccc1OC(=O)C(C)Oc1ccc(Br)cc1. The van der Waals surface area contributed by atoms with Gasteiger partial charge in [0, 0.05) is 4.47 Å². The van der Waals surface area contributed by atoms with Crippen molar-refractivity contribution in [3.8, 4) is 17.2 Å². The molecule has 2 rings (SSSR count). The van der Waals surface area contributed by atoms with Crippen LogP contribution in [0, 0.1) is 0 Å². The summed E-state index contributed by atoms with van der Waals surface area (Å²) in [4.78, 5) is 12.1. The maximum Gasteiger partial charge on any atom is 0.352 e. The van der Waals surface area contributed by atoms with E-state index in [9.17, 15) is 4.79 Å². The van der Waals surface area contributed by atoms with Crippen molar-refractivity contribution in [1.82, 2.24) is 0 Å². The van der Waals surface area contributed by atoms with Crippen molar-refractivity contribution in [2.24, 2.45) is 0 Å². The Hall–Kier alpha value is -2.01. The zero-order valence-corrected chi connectivity index (χ0v) is 14.0. The van der Waals surface area contributed by atoms with Gasteiger partial charge < -0.3 is 14.2 Å². The van der Waals surface area contributed by atoms with Gasteiger partial charge in [0.15, 0.2) is 17.6 Å². The first-order chi connectivity index (χ1) is 10.6. The van der Waals surface area contributed by atoms with Gasteiger partial charge in [0.05, 0.1) is 6.61 Å². The van der Waals surface area contributed by atoms with E-state index < -0.39 is 12.1 Å². The fraction of sp³-hybridized carbons (Fsp3) is 0.235. The van der Waals surface area contributed by atoms with Gasteiger partial charge in [-0.15, -0.1) is 0 Å². The van der Waals surface area contributed by atoms with Gasteiger partial charge >= 0.3 is 5.97 Å². The fourth-order valence-electron chi connectivity index (χ4n) is 1.77. The molecule has 0 radical (unpaired) electrons. The molecule has 0 amide bonds. The molecule has 2 aromatic rings. The summed E-state index contributed by atoms with van der Waals surface area (Å²) in [7, 11) is 0. The standard InChI is InChI=1S/C17H17BrO4/c1-3-20-15-6-4-5-7-16(15)22-17(19)12(2)21-14-10-8-13(18)9-11-14/h4-12H,3H2,1-2H3. The van der Waals surface area contributed by atoms with Gasteiger partial charge in [0.1, 0.15) is 5.75 Å². The highest BCUT2D eigenvalue weighted by molar-refractivity contribution is 9.10. The van der Waals surface area contributed by atoms with Gasteiger partial charge in [-0.2, -0.15) is 0 Å². The summed E-state index contributed by atoms with van der Waals surface area (Å²) in [6, 6.07) is 14.3. The summed E-state index contributed by atoms with van der Waals surface area (Å²) >= 11 is 3.35. The van der Waals surface area contributed by atoms with Crippen LogP contribution in [0.1, 0.15) is 13.8 Å². The number of carbonyl (C=O) groups excluding carboxylic acids is 1. The number of hydrogen-bond donors (Lipinski definition) is 0. The Morgan fingerprint density at radius 1 is 1.09 bits per heavy atom. The zero-order chi connectivity index (χ0) is 15.9. The molecule has 0 saturated heterocycles. The zero-order valence-electron chi connectivity index (χ0n) is 12.4. The molecule has 0 aliphatic rings. The van der Waals surface area contributed by atoms with Crippen LogP contribution < -0.4 is 14.2 Å². The lowest BCUT2D eigenvalue weighted by atomic mass is 10.3. The van der Waals surface area contributed by atoms with Crippen LogP contribution in [0.2, 0.25) is 0 Å². The van der Waals surface area contributed by atoms with Crippen LogP contribution in [0.3, 0.4) is 0 Å². The highest BCUT2D eigenvalue weighted by Gasteiger charge is 2.19. The minimum absolute atomic E-state index is 0.389. The molecule has 0 aliphatic carbocycles. The summed E-state index contributed by atoms with van der Waals surface area (Å²) in [6.07, 6.45) is -0.726. The van der Waals surface area contributed by atoms with Crippen LogP contribution in [0.25, 0.3) is 0 Å². The molecule has 5 heteroatoms. The largest absolute Gasteiger partial charge is 0.490 e. The molecule has 116 valence electrons. The molecular weight excluding hydrogens is 348 g/mol. The number of rotatable bonds is 6. The third-order valence-corrected chi connectivity index (χ3v) is 3.35. The van der Waals surface area contributed by atoms with E-state index in [1.807, 2.05) is 25.1 Å². The average molecular weight is 365 g/mol. The minimum Gasteiger partial charge on any atom is -0.490 e. The van der Waals surface area contributed by atoms with Crippen LogP contribution in [-0.4, -0.2) is 18.7 Å². The van der Waals surface area contributed by atoms with E-state index >= 15 is 0 Å². The Labute approximate surface area is 138 Å². The molecule has 0 bridgehead atoms. The maximum atomic E-state index is 12.1. The average Bonchev–Trinajstić information content (AvgIpc) is 2.51. The summed E-state index contributed by atoms with van der Waals surface area (Å²) in [5, 5.41) is 0. The monoisotopic (exact) mass is 364 g/mol. The Morgan fingerprint density at radius 2 is 1.73 bits per heavy atom. The van der Waals surface area contributed by atoms with Crippen molar-refractivity contribution >= 4 is 21.9 Å². The van der Waals surface area contributed by atoms with Crippen molar-refractivity contribution in [3.63, 3.8) is 0 Å². The van der Waals surface area contributed by atoms with E-state index in [4.69, 9.17) is 14.2 Å². The molecule has 0 aromatic heterocycles. The van der Waals surface area contributed by atoms with Crippen LogP contribution in [-0.2, 0) is 4.79 Å². The van der Waals surface area contributed by atoms with Gasteiger partial charge in [0.25, 0.3) is 0 Å². The van der Waals surface area contributed by atoms with E-state index in [0.717, 1.165) is 4.47 Å². The molecule has 0 heterocycles. The quantitative estimate of drug-likeness (QED) is 0.568. The number of carbonyl (C=O) groups is 1. The lowest BCUT2D eigenvalue weighted by Crippen LogP contribution is -2.28. The number of benzene rings is 2. The molecule has 0 aliphatic heterocycles. The van der Waals surface area contributed by atoms with E-state index in [1.54, 1.807) is 37.3 Å². The van der Waals surface area contributed by atoms with Gasteiger partial charge in [-0.05, 0) is 50.2 Å². The normalized spacial score (nSPS) is 11.6.